The number of likely N-dealkylation sites (N-methyl/N-ethyl adjacent to an activating group) is 1. The number of hydrogen-bond acceptors (Lipinski definition) is 8. The van der Waals surface area contributed by atoms with E-state index in [0.29, 0.717) is 54.2 Å². The lowest BCUT2D eigenvalue weighted by molar-refractivity contribution is -0.132. The third-order valence-corrected chi connectivity index (χ3v) is 8.81. The predicted molar refractivity (Wildman–Crippen MR) is 213 cm³/mol. The van der Waals surface area contributed by atoms with Crippen molar-refractivity contribution in [3.63, 3.8) is 0 Å². The summed E-state index contributed by atoms with van der Waals surface area (Å²) in [6.07, 6.45) is 3.64. The average molecular weight is 779 g/mol. The zero-order valence-electron chi connectivity index (χ0n) is 30.1. The Kier molecular flexibility index (Phi) is 17.7. The Bertz CT molecular complexity index is 1800. The highest BCUT2D eigenvalue weighted by molar-refractivity contribution is 6.11. The van der Waals surface area contributed by atoms with Crippen molar-refractivity contribution in [2.45, 2.75) is 39.0 Å². The minimum absolute atomic E-state index is 0. The van der Waals surface area contributed by atoms with Gasteiger partial charge in [0.15, 0.2) is 0 Å². The number of nitrogens with one attached hydrogen (secondary N) is 2. The molecule has 0 spiro atoms. The molecule has 1 aliphatic rings. The lowest BCUT2D eigenvalue weighted by Crippen LogP contribution is -2.47. The summed E-state index contributed by atoms with van der Waals surface area (Å²) in [5.41, 5.74) is 9.94. The number of nitrogens with two attached hydrogens (primary N) is 1. The van der Waals surface area contributed by atoms with Crippen molar-refractivity contribution in [2.24, 2.45) is 5.73 Å². The van der Waals surface area contributed by atoms with Gasteiger partial charge in [-0.1, -0.05) is 12.1 Å². The standard InChI is InChI=1S/C37H47N7O5.3ClH/c1-25-12-15-30(32(23-25)49-22-7-5-6-11-34(45)44-20-18-42(2)19-21-44)43(3)37(47)26-13-14-27(31(24-26)48-4)36(46)40-29-10-8-9-28-35(29)41-33(39-28)16-17-38;;;/h8-10,12-15,23-24H,5-7,11,16-22,38H2,1-4H3,(H,39,41)(H,40,46);3*1H. The van der Waals surface area contributed by atoms with E-state index < -0.39 is 5.91 Å². The van der Waals surface area contributed by atoms with Gasteiger partial charge in [-0.3, -0.25) is 14.4 Å². The van der Waals surface area contributed by atoms with E-state index in [4.69, 9.17) is 15.2 Å². The Morgan fingerprint density at radius 3 is 2.42 bits per heavy atom. The third-order valence-electron chi connectivity index (χ3n) is 8.81. The van der Waals surface area contributed by atoms with E-state index in [1.807, 2.05) is 42.2 Å². The number of carbonyl (C=O) groups excluding carboxylic acids is 3. The number of amides is 3. The van der Waals surface area contributed by atoms with Crippen molar-refractivity contribution in [1.82, 2.24) is 19.8 Å². The summed E-state index contributed by atoms with van der Waals surface area (Å²) in [5, 5.41) is 2.93. The maximum atomic E-state index is 13.7. The number of carbonyl (C=O) groups is 3. The van der Waals surface area contributed by atoms with Crippen molar-refractivity contribution in [2.75, 3.05) is 70.8 Å². The first-order valence-electron chi connectivity index (χ1n) is 16.8. The normalized spacial score (nSPS) is 12.6. The molecule has 0 unspecified atom stereocenters. The number of para-hydroxylation sites is 1. The lowest BCUT2D eigenvalue weighted by atomic mass is 10.1. The van der Waals surface area contributed by atoms with Gasteiger partial charge in [-0.05, 0) is 87.8 Å². The number of nitrogens with zero attached hydrogens (tertiary/aromatic N) is 4. The summed E-state index contributed by atoms with van der Waals surface area (Å²) in [6.45, 7) is 6.35. The number of ether oxygens (including phenoxy) is 2. The number of unbranched alkanes of at least 4 members (excludes halogenated alkanes) is 2. The van der Waals surface area contributed by atoms with Gasteiger partial charge in [0, 0.05) is 51.6 Å². The summed E-state index contributed by atoms with van der Waals surface area (Å²) in [7, 11) is 5.24. The topological polar surface area (TPSA) is 146 Å². The number of rotatable bonds is 14. The maximum Gasteiger partial charge on any atom is 0.259 e. The molecule has 1 fully saturated rings. The van der Waals surface area contributed by atoms with E-state index in [9.17, 15) is 14.4 Å². The number of aromatic amines is 1. The second kappa shape index (κ2) is 20.8. The first-order chi connectivity index (χ1) is 23.7. The van der Waals surface area contributed by atoms with Gasteiger partial charge in [0.25, 0.3) is 11.8 Å². The van der Waals surface area contributed by atoms with Gasteiger partial charge in [-0.15, -0.1) is 37.2 Å². The highest BCUT2D eigenvalue weighted by Gasteiger charge is 2.22. The fourth-order valence-corrected chi connectivity index (χ4v) is 5.91. The van der Waals surface area contributed by atoms with Crippen LogP contribution < -0.4 is 25.4 Å². The van der Waals surface area contributed by atoms with Crippen LogP contribution in [0.3, 0.4) is 0 Å². The van der Waals surface area contributed by atoms with Crippen LogP contribution in [0.1, 0.15) is 57.8 Å². The highest BCUT2D eigenvalue weighted by Crippen LogP contribution is 2.31. The molecule has 1 saturated heterocycles. The van der Waals surface area contributed by atoms with Crippen molar-refractivity contribution in [1.29, 1.82) is 0 Å². The van der Waals surface area contributed by atoms with Gasteiger partial charge in [-0.25, -0.2) is 4.98 Å². The molecule has 2 heterocycles. The molecule has 15 heteroatoms. The van der Waals surface area contributed by atoms with Crippen molar-refractivity contribution in [3.8, 4) is 11.5 Å². The monoisotopic (exact) mass is 777 g/mol. The molecule has 3 aromatic carbocycles. The van der Waals surface area contributed by atoms with E-state index in [2.05, 4.69) is 27.2 Å². The Hall–Kier alpha value is -4.07. The maximum absolute atomic E-state index is 13.7. The zero-order valence-corrected chi connectivity index (χ0v) is 32.6. The molecule has 3 amide bonds. The first-order valence-corrected chi connectivity index (χ1v) is 16.8. The number of fused-ring (bicyclic) bond motifs is 1. The van der Waals surface area contributed by atoms with Crippen LogP contribution in [-0.2, 0) is 11.2 Å². The van der Waals surface area contributed by atoms with Gasteiger partial charge in [-0.2, -0.15) is 0 Å². The van der Waals surface area contributed by atoms with Crippen LogP contribution in [0.5, 0.6) is 11.5 Å². The van der Waals surface area contributed by atoms with Gasteiger partial charge in [0.2, 0.25) is 5.91 Å². The van der Waals surface area contributed by atoms with Crippen LogP contribution >= 0.6 is 37.2 Å². The van der Waals surface area contributed by atoms with Gasteiger partial charge < -0.3 is 40.2 Å². The zero-order chi connectivity index (χ0) is 34.9. The number of aromatic nitrogens is 2. The van der Waals surface area contributed by atoms with Gasteiger partial charge in [0.05, 0.1) is 36.2 Å². The highest BCUT2D eigenvalue weighted by atomic mass is 35.5. The van der Waals surface area contributed by atoms with E-state index in [1.165, 1.54) is 12.0 Å². The Balaban J connectivity index is 0.00000312. The van der Waals surface area contributed by atoms with Crippen LogP contribution in [0.15, 0.2) is 54.6 Å². The summed E-state index contributed by atoms with van der Waals surface area (Å²) in [4.78, 5) is 53.2. The van der Waals surface area contributed by atoms with Crippen molar-refractivity contribution < 1.29 is 23.9 Å². The number of halogens is 3. The van der Waals surface area contributed by atoms with Crippen molar-refractivity contribution >= 4 is 77.4 Å². The summed E-state index contributed by atoms with van der Waals surface area (Å²) in [6, 6.07) is 16.0. The molecule has 12 nitrogen and oxygen atoms in total. The molecule has 284 valence electrons. The molecule has 0 aliphatic carbocycles. The number of methoxy groups -OCH3 is 1. The largest absolute Gasteiger partial charge is 0.496 e. The van der Waals surface area contributed by atoms with Crippen LogP contribution in [-0.4, -0.2) is 98.0 Å². The second-order valence-corrected chi connectivity index (χ2v) is 12.5. The number of benzene rings is 3. The van der Waals surface area contributed by atoms with E-state index >= 15 is 0 Å². The first kappa shape index (κ1) is 44.1. The molecule has 1 aliphatic heterocycles. The molecule has 0 atom stereocenters. The van der Waals surface area contributed by atoms with E-state index in [1.54, 1.807) is 31.3 Å². The molecular weight excluding hydrogens is 729 g/mol. The molecule has 0 radical (unpaired) electrons. The smallest absolute Gasteiger partial charge is 0.259 e. The Morgan fingerprint density at radius 2 is 1.71 bits per heavy atom. The number of H-pyrrole nitrogens is 1. The minimum atomic E-state index is -0.391. The second-order valence-electron chi connectivity index (χ2n) is 12.5. The Morgan fingerprint density at radius 1 is 0.962 bits per heavy atom. The number of aryl methyl sites for hydroxylation is 1. The van der Waals surface area contributed by atoms with E-state index in [0.717, 1.165) is 62.3 Å². The van der Waals surface area contributed by atoms with Crippen LogP contribution in [0.2, 0.25) is 0 Å². The number of piperazine rings is 1. The lowest BCUT2D eigenvalue weighted by Gasteiger charge is -2.32. The summed E-state index contributed by atoms with van der Waals surface area (Å²) in [5.74, 6) is 1.17. The fourth-order valence-electron chi connectivity index (χ4n) is 5.91. The SMILES string of the molecule is COc1cc(C(=O)N(C)c2ccc(C)cc2OCCCCCC(=O)N2CCN(C)CC2)ccc1C(=O)Nc1cccc2[nH]c(CCN)nc12.Cl.Cl.Cl. The van der Waals surface area contributed by atoms with Gasteiger partial charge in [0.1, 0.15) is 22.8 Å². The average Bonchev–Trinajstić information content (AvgIpc) is 3.53. The molecule has 0 bridgehead atoms. The summed E-state index contributed by atoms with van der Waals surface area (Å²) < 4.78 is 11.7. The fraction of sp³-hybridized carbons (Fsp3) is 0.405. The van der Waals surface area contributed by atoms with Crippen LogP contribution in [0.4, 0.5) is 11.4 Å². The number of anilines is 2. The molecule has 5 rings (SSSR count). The van der Waals surface area contributed by atoms with Crippen LogP contribution in [0, 0.1) is 6.92 Å². The molecular formula is C37H50Cl3N7O5. The minimum Gasteiger partial charge on any atom is -0.496 e. The van der Waals surface area contributed by atoms with Crippen molar-refractivity contribution in [3.05, 3.63) is 77.1 Å². The third kappa shape index (κ3) is 11.0. The summed E-state index contributed by atoms with van der Waals surface area (Å²) >= 11 is 0. The molecule has 4 aromatic rings. The number of hydrogen-bond donors (Lipinski definition) is 3. The number of imidazole rings is 1. The molecule has 52 heavy (non-hydrogen) atoms. The van der Waals surface area contributed by atoms with Crippen LogP contribution in [0.25, 0.3) is 11.0 Å². The Labute approximate surface area is 324 Å². The molecule has 0 saturated carbocycles. The molecule has 4 N–H and O–H groups in total. The van der Waals surface area contributed by atoms with Gasteiger partial charge >= 0.3 is 0 Å². The quantitative estimate of drug-likeness (QED) is 0.135. The predicted octanol–water partition coefficient (Wildman–Crippen LogP) is 5.89. The van der Waals surface area contributed by atoms with E-state index in [-0.39, 0.29) is 60.3 Å². The molecule has 1 aromatic heterocycles.